The molecule has 4 rings (SSSR count). The van der Waals surface area contributed by atoms with Crippen LogP contribution in [-0.2, 0) is 4.79 Å². The molecule has 1 spiro atoms. The van der Waals surface area contributed by atoms with Crippen molar-refractivity contribution in [1.82, 2.24) is 15.3 Å². The maximum Gasteiger partial charge on any atom is 0.251 e. The highest BCUT2D eigenvalue weighted by Gasteiger charge is 2.50. The van der Waals surface area contributed by atoms with Crippen molar-refractivity contribution < 1.29 is 14.0 Å². The van der Waals surface area contributed by atoms with Gasteiger partial charge in [-0.3, -0.25) is 14.5 Å². The molecular weight excluding hydrogens is 359 g/mol. The second-order valence-corrected chi connectivity index (χ2v) is 7.73. The van der Waals surface area contributed by atoms with Crippen molar-refractivity contribution in [3.05, 3.63) is 53.7 Å². The zero-order valence-corrected chi connectivity index (χ0v) is 15.8. The van der Waals surface area contributed by atoms with Crippen LogP contribution in [0, 0.1) is 18.2 Å². The summed E-state index contributed by atoms with van der Waals surface area (Å²) in [6, 6.07) is 7.32. The van der Waals surface area contributed by atoms with Crippen molar-refractivity contribution in [2.45, 2.75) is 45.1 Å². The first kappa shape index (κ1) is 18.5. The van der Waals surface area contributed by atoms with Gasteiger partial charge >= 0.3 is 0 Å². The maximum absolute atomic E-state index is 13.4. The lowest BCUT2D eigenvalue weighted by molar-refractivity contribution is -0.127. The lowest BCUT2D eigenvalue weighted by Crippen LogP contribution is -2.46. The Bertz CT molecular complexity index is 919. The molecule has 1 aromatic heterocycles. The molecule has 2 fully saturated rings. The van der Waals surface area contributed by atoms with E-state index in [1.807, 2.05) is 0 Å². The Morgan fingerprint density at radius 2 is 2.18 bits per heavy atom. The molecule has 2 amide bonds. The van der Waals surface area contributed by atoms with Gasteiger partial charge < -0.3 is 5.32 Å². The summed E-state index contributed by atoms with van der Waals surface area (Å²) in [4.78, 5) is 36.0. The molecule has 1 saturated carbocycles. The highest BCUT2D eigenvalue weighted by Crippen LogP contribution is 2.45. The Labute approximate surface area is 163 Å². The molecule has 2 aromatic rings. The predicted octanol–water partition coefficient (Wildman–Crippen LogP) is 3.02. The van der Waals surface area contributed by atoms with E-state index in [1.54, 1.807) is 30.2 Å². The number of carbonyl (C=O) groups excluding carboxylic acids is 2. The van der Waals surface area contributed by atoms with E-state index in [0.717, 1.165) is 25.7 Å². The minimum absolute atomic E-state index is 0.0790. The third-order valence-corrected chi connectivity index (χ3v) is 5.82. The zero-order chi connectivity index (χ0) is 19.7. The summed E-state index contributed by atoms with van der Waals surface area (Å²) in [7, 11) is 0. The number of amides is 2. The van der Waals surface area contributed by atoms with Gasteiger partial charge in [0.05, 0.1) is 5.41 Å². The molecule has 0 unspecified atom stereocenters. The van der Waals surface area contributed by atoms with E-state index in [1.165, 1.54) is 18.2 Å². The average molecular weight is 382 g/mol. The van der Waals surface area contributed by atoms with E-state index in [2.05, 4.69) is 15.3 Å². The number of benzene rings is 1. The molecule has 1 N–H and O–H groups in total. The number of aryl methyl sites for hydroxylation is 1. The summed E-state index contributed by atoms with van der Waals surface area (Å²) in [5, 5.41) is 3.00. The predicted molar refractivity (Wildman–Crippen MR) is 102 cm³/mol. The van der Waals surface area contributed by atoms with Gasteiger partial charge in [-0.15, -0.1) is 0 Å². The van der Waals surface area contributed by atoms with Gasteiger partial charge in [-0.2, -0.15) is 0 Å². The summed E-state index contributed by atoms with van der Waals surface area (Å²) in [5.41, 5.74) is -0.160. The Morgan fingerprint density at radius 3 is 2.96 bits per heavy atom. The number of anilines is 1. The molecule has 146 valence electrons. The van der Waals surface area contributed by atoms with E-state index in [0.29, 0.717) is 30.2 Å². The number of halogens is 1. The van der Waals surface area contributed by atoms with Gasteiger partial charge in [0.1, 0.15) is 17.5 Å². The first-order valence-corrected chi connectivity index (χ1v) is 9.65. The van der Waals surface area contributed by atoms with Gasteiger partial charge in [-0.25, -0.2) is 14.4 Å². The fourth-order valence-electron chi connectivity index (χ4n) is 4.44. The Hall–Kier alpha value is -2.83. The van der Waals surface area contributed by atoms with Crippen molar-refractivity contribution in [1.29, 1.82) is 0 Å². The first-order chi connectivity index (χ1) is 13.5. The normalized spacial score (nSPS) is 24.6. The van der Waals surface area contributed by atoms with Crippen LogP contribution in [0.4, 0.5) is 10.2 Å². The van der Waals surface area contributed by atoms with Crippen LogP contribution >= 0.6 is 0 Å². The Balaban J connectivity index is 1.47. The van der Waals surface area contributed by atoms with Crippen LogP contribution in [0.25, 0.3) is 0 Å². The molecule has 7 heteroatoms. The van der Waals surface area contributed by atoms with Gasteiger partial charge in [0.25, 0.3) is 5.91 Å². The number of aromatic nitrogens is 2. The molecule has 2 aliphatic rings. The van der Waals surface area contributed by atoms with Crippen LogP contribution in [-0.4, -0.2) is 34.4 Å². The third kappa shape index (κ3) is 3.48. The van der Waals surface area contributed by atoms with Crippen LogP contribution in [0.2, 0.25) is 0 Å². The SMILES string of the molecule is Cc1nccc(N2CC[C@]3(CCC[C@@H](NC(=O)c4cccc(F)c4)C3)C2=O)n1. The van der Waals surface area contributed by atoms with E-state index < -0.39 is 11.2 Å². The Morgan fingerprint density at radius 1 is 1.32 bits per heavy atom. The molecule has 2 atom stereocenters. The number of hydrogen-bond donors (Lipinski definition) is 1. The summed E-state index contributed by atoms with van der Waals surface area (Å²) in [6.45, 7) is 2.43. The smallest absolute Gasteiger partial charge is 0.251 e. The molecular formula is C21H23FN4O2. The first-order valence-electron chi connectivity index (χ1n) is 9.65. The van der Waals surface area contributed by atoms with Gasteiger partial charge in [0.2, 0.25) is 5.91 Å². The minimum Gasteiger partial charge on any atom is -0.349 e. The molecule has 2 heterocycles. The molecule has 0 radical (unpaired) electrons. The Kier molecular flexibility index (Phi) is 4.83. The van der Waals surface area contributed by atoms with Gasteiger partial charge in [0.15, 0.2) is 0 Å². The van der Waals surface area contributed by atoms with E-state index in [4.69, 9.17) is 0 Å². The molecule has 6 nitrogen and oxygen atoms in total. The second-order valence-electron chi connectivity index (χ2n) is 7.73. The molecule has 1 aliphatic carbocycles. The fraction of sp³-hybridized carbons (Fsp3) is 0.429. The average Bonchev–Trinajstić information content (AvgIpc) is 2.97. The highest BCUT2D eigenvalue weighted by atomic mass is 19.1. The largest absolute Gasteiger partial charge is 0.349 e. The molecule has 0 bridgehead atoms. The second kappa shape index (κ2) is 7.30. The fourth-order valence-corrected chi connectivity index (χ4v) is 4.44. The lowest BCUT2D eigenvalue weighted by Gasteiger charge is -2.36. The van der Waals surface area contributed by atoms with Crippen molar-refractivity contribution in [3.8, 4) is 0 Å². The van der Waals surface area contributed by atoms with E-state index >= 15 is 0 Å². The van der Waals surface area contributed by atoms with Crippen molar-refractivity contribution >= 4 is 17.6 Å². The number of rotatable bonds is 3. The van der Waals surface area contributed by atoms with E-state index in [9.17, 15) is 14.0 Å². The molecule has 1 aromatic carbocycles. The lowest BCUT2D eigenvalue weighted by atomic mass is 9.71. The van der Waals surface area contributed by atoms with Crippen LogP contribution in [0.1, 0.15) is 48.3 Å². The molecule has 1 saturated heterocycles. The quantitative estimate of drug-likeness (QED) is 0.885. The van der Waals surface area contributed by atoms with Crippen LogP contribution in [0.3, 0.4) is 0 Å². The topological polar surface area (TPSA) is 75.2 Å². The summed E-state index contributed by atoms with van der Waals surface area (Å²) >= 11 is 0. The molecule has 28 heavy (non-hydrogen) atoms. The summed E-state index contributed by atoms with van der Waals surface area (Å²) in [5.74, 6) is 0.621. The van der Waals surface area contributed by atoms with E-state index in [-0.39, 0.29) is 17.9 Å². The van der Waals surface area contributed by atoms with Gasteiger partial charge in [-0.1, -0.05) is 12.5 Å². The highest BCUT2D eigenvalue weighted by molar-refractivity contribution is 5.99. The van der Waals surface area contributed by atoms with Crippen molar-refractivity contribution in [2.75, 3.05) is 11.4 Å². The van der Waals surface area contributed by atoms with Crippen LogP contribution in [0.15, 0.2) is 36.5 Å². The number of hydrogen-bond acceptors (Lipinski definition) is 4. The molecule has 1 aliphatic heterocycles. The van der Waals surface area contributed by atoms with Gasteiger partial charge in [-0.05, 0) is 56.9 Å². The van der Waals surface area contributed by atoms with Crippen molar-refractivity contribution in [2.24, 2.45) is 5.41 Å². The maximum atomic E-state index is 13.4. The van der Waals surface area contributed by atoms with Crippen LogP contribution in [0.5, 0.6) is 0 Å². The number of nitrogens with zero attached hydrogens (tertiary/aromatic N) is 3. The third-order valence-electron chi connectivity index (χ3n) is 5.82. The number of nitrogens with one attached hydrogen (secondary N) is 1. The van der Waals surface area contributed by atoms with Gasteiger partial charge in [0, 0.05) is 24.3 Å². The monoisotopic (exact) mass is 382 g/mol. The minimum atomic E-state index is -0.461. The summed E-state index contributed by atoms with van der Waals surface area (Å²) < 4.78 is 13.4. The standard InChI is InChI=1S/C21H23FN4O2/c1-14-23-10-7-18(24-14)26-11-9-21(20(26)28)8-3-6-17(13-21)25-19(27)15-4-2-5-16(22)12-15/h2,4-5,7,10,12,17H,3,6,8-9,11,13H2,1H3,(H,25,27)/t17-,21+/m1/s1. The van der Waals surface area contributed by atoms with Crippen molar-refractivity contribution in [3.63, 3.8) is 0 Å². The van der Waals surface area contributed by atoms with Crippen LogP contribution < -0.4 is 10.2 Å². The number of carbonyl (C=O) groups is 2. The summed E-state index contributed by atoms with van der Waals surface area (Å²) in [6.07, 6.45) is 5.53. The zero-order valence-electron chi connectivity index (χ0n) is 15.8.